The fourth-order valence-corrected chi connectivity index (χ4v) is 1.81. The zero-order chi connectivity index (χ0) is 14.1. The molecule has 0 aromatic carbocycles. The second kappa shape index (κ2) is 4.65. The molecule has 0 saturated heterocycles. The third kappa shape index (κ3) is 2.12. The van der Waals surface area contributed by atoms with Gasteiger partial charge in [-0.05, 0) is 10.4 Å². The van der Waals surface area contributed by atoms with Gasteiger partial charge < -0.3 is 9.26 Å². The van der Waals surface area contributed by atoms with Gasteiger partial charge in [-0.1, -0.05) is 16.5 Å². The molecule has 0 bridgehead atoms. The second-order valence-electron chi connectivity index (χ2n) is 3.47. The van der Waals surface area contributed by atoms with E-state index >= 15 is 0 Å². The van der Waals surface area contributed by atoms with Crippen LogP contribution in [0.3, 0.4) is 0 Å². The summed E-state index contributed by atoms with van der Waals surface area (Å²) in [5, 5.41) is 13.0. The first-order valence-electron chi connectivity index (χ1n) is 5.62. The van der Waals surface area contributed by atoms with Gasteiger partial charge in [-0.25, -0.2) is 9.78 Å². The smallest absolute Gasteiger partial charge is 0.368 e. The quantitative estimate of drug-likeness (QED) is 0.663. The number of aromatic nitrogens is 6. The minimum Gasteiger partial charge on any atom is -0.463 e. The van der Waals surface area contributed by atoms with Crippen LogP contribution in [0.4, 0.5) is 0 Å². The maximum Gasteiger partial charge on any atom is 0.368 e. The van der Waals surface area contributed by atoms with E-state index in [0.29, 0.717) is 16.6 Å². The van der Waals surface area contributed by atoms with Crippen molar-refractivity contribution in [3.8, 4) is 10.9 Å². The average molecular weight is 282 g/mol. The van der Waals surface area contributed by atoms with E-state index in [1.54, 1.807) is 5.38 Å². The van der Waals surface area contributed by atoms with E-state index < -0.39 is 5.69 Å². The number of hydrogen-bond acceptors (Lipinski definition) is 8. The molecule has 0 radical (unpaired) electrons. The van der Waals surface area contributed by atoms with Crippen LogP contribution >= 0.6 is 11.3 Å². The molecule has 9 nitrogen and oxygen atoms in total. The van der Waals surface area contributed by atoms with Crippen molar-refractivity contribution in [2.75, 3.05) is 0 Å². The molecule has 0 aliphatic heterocycles. The fourth-order valence-electron chi connectivity index (χ4n) is 1.37. The van der Waals surface area contributed by atoms with E-state index in [4.69, 9.17) is 10.6 Å². The Morgan fingerprint density at radius 2 is 2.47 bits per heavy atom. The second-order valence-corrected chi connectivity index (χ2v) is 4.30. The van der Waals surface area contributed by atoms with Gasteiger partial charge in [-0.3, -0.25) is 0 Å². The van der Waals surface area contributed by atoms with Crippen LogP contribution in [0.25, 0.3) is 5.69 Å². The molecular formula is C9H8N6O3S. The molecule has 0 atom stereocenters. The first-order chi connectivity index (χ1) is 9.65. The van der Waals surface area contributed by atoms with E-state index in [9.17, 15) is 4.79 Å². The number of rotatable bonds is 4. The predicted octanol–water partition coefficient (Wildman–Crippen LogP) is -0.0105. The molecule has 3 aromatic heterocycles. The molecule has 98 valence electrons. The van der Waals surface area contributed by atoms with E-state index in [1.807, 2.05) is 0 Å². The fraction of sp³-hybridized carbons (Fsp3) is 0.222. The van der Waals surface area contributed by atoms with Crippen molar-refractivity contribution < 1.29 is 10.6 Å². The van der Waals surface area contributed by atoms with Crippen LogP contribution in [0.2, 0.25) is 0 Å². The predicted molar refractivity (Wildman–Crippen MR) is 63.1 cm³/mol. The lowest BCUT2D eigenvalue weighted by Gasteiger charge is -2.00. The Kier molecular flexibility index (Phi) is 2.55. The molecule has 0 spiro atoms. The Bertz CT molecular complexity index is 790. The number of aryl methyl sites for hydroxylation is 1. The lowest BCUT2D eigenvalue weighted by molar-refractivity contribution is 0.287. The Morgan fingerprint density at radius 3 is 3.16 bits per heavy atom. The number of thiazole rings is 1. The first-order valence-corrected chi connectivity index (χ1v) is 6.00. The van der Waals surface area contributed by atoms with Crippen LogP contribution in [-0.2, 0) is 13.7 Å². The molecular weight excluding hydrogens is 272 g/mol. The number of ether oxygens (including phenoxy) is 1. The molecule has 3 rings (SSSR count). The topological polar surface area (TPSA) is 101 Å². The van der Waals surface area contributed by atoms with Crippen molar-refractivity contribution >= 4 is 11.3 Å². The largest absolute Gasteiger partial charge is 0.463 e. The van der Waals surface area contributed by atoms with Crippen LogP contribution in [0.15, 0.2) is 27.1 Å². The average Bonchev–Trinajstić information content (AvgIpc) is 3.11. The van der Waals surface area contributed by atoms with Crippen LogP contribution in [-0.4, -0.2) is 29.9 Å². The van der Waals surface area contributed by atoms with E-state index in [0.717, 1.165) is 9.36 Å². The van der Waals surface area contributed by atoms with Gasteiger partial charge in [0.15, 0.2) is 0 Å². The summed E-state index contributed by atoms with van der Waals surface area (Å²) in [5.74, 6) is 0. The summed E-state index contributed by atoms with van der Waals surface area (Å²) in [6.07, 6.45) is 1.42. The number of tetrazole rings is 1. The number of nitrogens with zero attached hydrogens (tertiary/aromatic N) is 6. The Labute approximate surface area is 111 Å². The summed E-state index contributed by atoms with van der Waals surface area (Å²) in [4.78, 5) is 15.6. The highest BCUT2D eigenvalue weighted by Gasteiger charge is 2.15. The zero-order valence-corrected chi connectivity index (χ0v) is 10.5. The summed E-state index contributed by atoms with van der Waals surface area (Å²) in [5.41, 5.74) is 0.317. The van der Waals surface area contributed by atoms with E-state index in [1.165, 1.54) is 24.6 Å². The third-order valence-electron chi connectivity index (χ3n) is 2.27. The van der Waals surface area contributed by atoms with Crippen molar-refractivity contribution in [1.82, 2.24) is 29.9 Å². The molecule has 0 unspecified atom stereocenters. The van der Waals surface area contributed by atoms with Gasteiger partial charge in [-0.15, -0.1) is 0 Å². The van der Waals surface area contributed by atoms with Crippen molar-refractivity contribution in [3.63, 3.8) is 0 Å². The lowest BCUT2D eigenvalue weighted by atomic mass is 10.4. The van der Waals surface area contributed by atoms with Crippen molar-refractivity contribution in [2.45, 2.75) is 6.61 Å². The Morgan fingerprint density at radius 1 is 1.58 bits per heavy atom. The Balaban J connectivity index is 1.83. The first kappa shape index (κ1) is 10.4. The van der Waals surface area contributed by atoms with Crippen LogP contribution in [0.5, 0.6) is 5.19 Å². The molecule has 0 saturated carbocycles. The highest BCUT2D eigenvalue weighted by molar-refractivity contribution is 7.11. The summed E-state index contributed by atoms with van der Waals surface area (Å²) in [7, 11) is 1.49. The molecule has 19 heavy (non-hydrogen) atoms. The SMILES string of the molecule is [3H]c1csc(OCc2nocc2-n2nnn(C)c2=O)n1. The van der Waals surface area contributed by atoms with Crippen LogP contribution < -0.4 is 10.4 Å². The van der Waals surface area contributed by atoms with Gasteiger partial charge in [-0.2, -0.15) is 9.36 Å². The summed E-state index contributed by atoms with van der Waals surface area (Å²) in [6, 6.07) is 0. The standard InChI is InChI=1S/C9H8N6O3S/c1-14-9(16)15(13-12-14)7-5-18-11-6(7)4-17-8-10-2-3-19-8/h2-3,5H,4H2,1H3/i2T. The highest BCUT2D eigenvalue weighted by atomic mass is 32.1. The maximum absolute atomic E-state index is 11.8. The van der Waals surface area contributed by atoms with E-state index in [-0.39, 0.29) is 12.8 Å². The maximum atomic E-state index is 11.8. The van der Waals surface area contributed by atoms with Crippen molar-refractivity contribution in [3.05, 3.63) is 34.0 Å². The van der Waals surface area contributed by atoms with Gasteiger partial charge in [0.2, 0.25) is 0 Å². The molecule has 0 aliphatic rings. The highest BCUT2D eigenvalue weighted by Crippen LogP contribution is 2.17. The number of hydrogen-bond donors (Lipinski definition) is 0. The van der Waals surface area contributed by atoms with Gasteiger partial charge >= 0.3 is 5.69 Å². The molecule has 0 amide bonds. The molecule has 3 aromatic rings. The Hall–Kier alpha value is -2.49. The van der Waals surface area contributed by atoms with Gasteiger partial charge in [0.05, 0.1) is 1.37 Å². The summed E-state index contributed by atoms with van der Waals surface area (Å²) < 4.78 is 19.7. The van der Waals surface area contributed by atoms with Crippen LogP contribution in [0.1, 0.15) is 7.06 Å². The van der Waals surface area contributed by atoms with Crippen LogP contribution in [0, 0.1) is 0 Å². The summed E-state index contributed by atoms with van der Waals surface area (Å²) in [6.45, 7) is 0.0435. The molecule has 0 N–H and O–H groups in total. The third-order valence-corrected chi connectivity index (χ3v) is 2.91. The van der Waals surface area contributed by atoms with Gasteiger partial charge in [0.25, 0.3) is 5.19 Å². The molecule has 0 fully saturated rings. The monoisotopic (exact) mass is 282 g/mol. The molecule has 3 heterocycles. The van der Waals surface area contributed by atoms with Crippen molar-refractivity contribution in [2.24, 2.45) is 7.05 Å². The normalized spacial score (nSPS) is 11.5. The lowest BCUT2D eigenvalue weighted by Crippen LogP contribution is -2.22. The minimum atomic E-state index is -0.419. The molecule has 10 heteroatoms. The summed E-state index contributed by atoms with van der Waals surface area (Å²) >= 11 is 1.20. The van der Waals surface area contributed by atoms with Crippen molar-refractivity contribution in [1.29, 1.82) is 0 Å². The van der Waals surface area contributed by atoms with Gasteiger partial charge in [0, 0.05) is 18.6 Å². The van der Waals surface area contributed by atoms with E-state index in [2.05, 4.69) is 20.6 Å². The van der Waals surface area contributed by atoms with Gasteiger partial charge in [0.1, 0.15) is 24.3 Å². The minimum absolute atomic E-state index is 0.0435. The zero-order valence-electron chi connectivity index (χ0n) is 10.7. The molecule has 0 aliphatic carbocycles.